The van der Waals surface area contributed by atoms with Gasteiger partial charge in [-0.3, -0.25) is 14.4 Å². The van der Waals surface area contributed by atoms with Crippen LogP contribution in [0.25, 0.3) is 0 Å². The van der Waals surface area contributed by atoms with E-state index in [0.29, 0.717) is 15.5 Å². The monoisotopic (exact) mass is 819 g/mol. The number of carbonyl (C=O) groups is 3. The van der Waals surface area contributed by atoms with Gasteiger partial charge in [-0.1, -0.05) is 35.3 Å². The van der Waals surface area contributed by atoms with Crippen molar-refractivity contribution in [1.29, 1.82) is 0 Å². The highest BCUT2D eigenvalue weighted by molar-refractivity contribution is 7.99. The Labute approximate surface area is 313 Å². The van der Waals surface area contributed by atoms with E-state index in [2.05, 4.69) is 46.6 Å². The van der Waals surface area contributed by atoms with Crippen LogP contribution in [0, 0.1) is 0 Å². The molecule has 0 aromatic carbocycles. The molecule has 3 unspecified atom stereocenters. The molecule has 0 amide bonds. The third kappa shape index (κ3) is 12.0. The van der Waals surface area contributed by atoms with Gasteiger partial charge < -0.3 is 29.5 Å². The molecule has 0 spiro atoms. The van der Waals surface area contributed by atoms with Gasteiger partial charge >= 0.3 is 35.0 Å². The zero-order chi connectivity index (χ0) is 39.4. The molecule has 4 aromatic rings. The van der Waals surface area contributed by atoms with Crippen LogP contribution in [0.4, 0.5) is 0 Å². The van der Waals surface area contributed by atoms with Crippen molar-refractivity contribution >= 4 is 53.2 Å². The average Bonchev–Trinajstić information content (AvgIpc) is 3.88. The minimum absolute atomic E-state index is 0.00103. The Kier molecular flexibility index (Phi) is 15.3. The largest absolute Gasteiger partial charge is 0.462 e. The fourth-order valence-electron chi connectivity index (χ4n) is 3.87. The van der Waals surface area contributed by atoms with Gasteiger partial charge in [-0.05, 0) is 31.3 Å². The van der Waals surface area contributed by atoms with Crippen molar-refractivity contribution in [1.82, 2.24) is 74.3 Å². The van der Waals surface area contributed by atoms with Crippen molar-refractivity contribution in [2.24, 2.45) is 21.1 Å². The van der Waals surface area contributed by atoms with Gasteiger partial charge in [-0.2, -0.15) is 0 Å². The SMILES string of the molecule is Cn1nnnc1SCC(O)COC(=O)Cn1c(=O)n(CC(=O)OCC(O)CSc2nnnn2C)c(=O)n(CC(=O)OCC(O)CSc2nnnn2C)c1=O. The summed E-state index contributed by atoms with van der Waals surface area (Å²) in [4.78, 5) is 78.1. The van der Waals surface area contributed by atoms with E-state index in [9.17, 15) is 44.1 Å². The Bertz CT molecular complexity index is 1820. The van der Waals surface area contributed by atoms with Crippen molar-refractivity contribution in [2.75, 3.05) is 37.1 Å². The number of carbonyl (C=O) groups excluding carboxylic acids is 3. The molecule has 0 saturated heterocycles. The van der Waals surface area contributed by atoms with E-state index in [-0.39, 0.29) is 31.0 Å². The molecule has 3 atom stereocenters. The number of tetrazole rings is 3. The summed E-state index contributed by atoms with van der Waals surface area (Å²) in [5, 5.41) is 64.3. The van der Waals surface area contributed by atoms with E-state index in [1.54, 1.807) is 21.1 Å². The second-order valence-electron chi connectivity index (χ2n) is 10.8. The lowest BCUT2D eigenvalue weighted by Crippen LogP contribution is -2.56. The number of aryl methyl sites for hydroxylation is 3. The van der Waals surface area contributed by atoms with Crippen molar-refractivity contribution in [3.8, 4) is 0 Å². The summed E-state index contributed by atoms with van der Waals surface area (Å²) in [7, 11) is 4.73. The summed E-state index contributed by atoms with van der Waals surface area (Å²) in [6.45, 7) is -5.02. The van der Waals surface area contributed by atoms with Gasteiger partial charge in [0.05, 0.1) is 18.3 Å². The molecule has 294 valence electrons. The van der Waals surface area contributed by atoms with E-state index in [1.165, 1.54) is 14.0 Å². The Hall–Kier alpha value is -5.04. The first-order valence-electron chi connectivity index (χ1n) is 15.2. The number of rotatable bonds is 21. The summed E-state index contributed by atoms with van der Waals surface area (Å²) in [5.41, 5.74) is -4.32. The first-order chi connectivity index (χ1) is 25.7. The molecule has 4 rings (SSSR count). The minimum Gasteiger partial charge on any atom is -0.462 e. The number of hydrogen-bond acceptors (Lipinski definition) is 24. The molecule has 0 bridgehead atoms. The first kappa shape index (κ1) is 41.7. The maximum absolute atomic E-state index is 13.3. The molecule has 0 radical (unpaired) electrons. The lowest BCUT2D eigenvalue weighted by molar-refractivity contribution is -0.147. The number of aromatic nitrogens is 15. The van der Waals surface area contributed by atoms with Gasteiger partial charge in [0.25, 0.3) is 0 Å². The average molecular weight is 820 g/mol. The van der Waals surface area contributed by atoms with E-state index in [1.807, 2.05) is 0 Å². The minimum atomic E-state index is -1.44. The lowest BCUT2D eigenvalue weighted by Gasteiger charge is -2.15. The molecular formula is C24H33N15O12S3. The molecular weight excluding hydrogens is 787 g/mol. The second-order valence-corrected chi connectivity index (χ2v) is 13.8. The second kappa shape index (κ2) is 19.9. The number of hydrogen-bond donors (Lipinski definition) is 3. The van der Waals surface area contributed by atoms with Crippen LogP contribution in [0.1, 0.15) is 0 Å². The van der Waals surface area contributed by atoms with Crippen molar-refractivity contribution in [2.45, 2.75) is 53.4 Å². The molecule has 54 heavy (non-hydrogen) atoms. The number of esters is 3. The fraction of sp³-hybridized carbons (Fsp3) is 0.625. The molecule has 3 N–H and O–H groups in total. The van der Waals surface area contributed by atoms with Crippen molar-refractivity contribution in [3.63, 3.8) is 0 Å². The van der Waals surface area contributed by atoms with Gasteiger partial charge in [0, 0.05) is 38.4 Å². The van der Waals surface area contributed by atoms with Crippen LogP contribution in [0.3, 0.4) is 0 Å². The summed E-state index contributed by atoms with van der Waals surface area (Å²) < 4.78 is 19.8. The molecule has 0 saturated carbocycles. The quantitative estimate of drug-likeness (QED) is 0.0400. The van der Waals surface area contributed by atoms with Gasteiger partial charge in [-0.25, -0.2) is 42.1 Å². The van der Waals surface area contributed by atoms with Crippen LogP contribution in [0.2, 0.25) is 0 Å². The number of thioether (sulfide) groups is 3. The summed E-state index contributed by atoms with van der Waals surface area (Å²) in [6, 6.07) is 0. The van der Waals surface area contributed by atoms with Crippen LogP contribution < -0.4 is 17.1 Å². The number of ether oxygens (including phenoxy) is 3. The number of nitrogens with zero attached hydrogens (tertiary/aromatic N) is 15. The van der Waals surface area contributed by atoms with Crippen LogP contribution in [-0.2, 0) is 69.4 Å². The van der Waals surface area contributed by atoms with Crippen LogP contribution in [0.15, 0.2) is 29.9 Å². The smallest absolute Gasteiger partial charge is 0.337 e. The molecule has 0 fully saturated rings. The highest BCUT2D eigenvalue weighted by Crippen LogP contribution is 2.15. The van der Waals surface area contributed by atoms with E-state index >= 15 is 0 Å². The Morgan fingerprint density at radius 2 is 0.796 bits per heavy atom. The predicted octanol–water partition coefficient (Wildman–Crippen LogP) is -6.17. The van der Waals surface area contributed by atoms with Gasteiger partial charge in [-0.15, -0.1) is 15.3 Å². The molecule has 30 heteroatoms. The third-order valence-corrected chi connectivity index (χ3v) is 9.98. The lowest BCUT2D eigenvalue weighted by atomic mass is 10.4. The zero-order valence-corrected chi connectivity index (χ0v) is 31.0. The van der Waals surface area contributed by atoms with E-state index in [0.717, 1.165) is 35.3 Å². The highest BCUT2D eigenvalue weighted by Gasteiger charge is 2.24. The summed E-state index contributed by atoms with van der Waals surface area (Å²) in [6.07, 6.45) is -3.67. The maximum Gasteiger partial charge on any atom is 0.337 e. The predicted molar refractivity (Wildman–Crippen MR) is 179 cm³/mol. The zero-order valence-electron chi connectivity index (χ0n) is 28.5. The standard InChI is InChI=1S/C24H33N15O12S3/c1-34-19(25-28-31-34)52-10-13(40)7-49-16(43)4-37-22(46)38(5-17(44)50-8-14(41)11-53-20-26-29-32-35(20)2)24(48)39(23(37)47)6-18(45)51-9-15(42)12-54-21-27-30-33-36(21)3/h13-15,40-42H,4-12H2,1-3H3. The van der Waals surface area contributed by atoms with Crippen LogP contribution in [-0.4, -0.2) is 163 Å². The van der Waals surface area contributed by atoms with E-state index in [4.69, 9.17) is 14.2 Å². The molecule has 4 aromatic heterocycles. The molecule has 27 nitrogen and oxygen atoms in total. The van der Waals surface area contributed by atoms with Crippen molar-refractivity contribution < 1.29 is 43.9 Å². The Morgan fingerprint density at radius 3 is 1.02 bits per heavy atom. The topological polar surface area (TPSA) is 336 Å². The number of aliphatic hydroxyl groups excluding tert-OH is 3. The first-order valence-corrected chi connectivity index (χ1v) is 18.2. The normalized spacial score (nSPS) is 13.0. The molecule has 0 aliphatic heterocycles. The van der Waals surface area contributed by atoms with Crippen LogP contribution in [0.5, 0.6) is 0 Å². The third-order valence-electron chi connectivity index (χ3n) is 6.52. The van der Waals surface area contributed by atoms with Crippen molar-refractivity contribution in [3.05, 3.63) is 31.5 Å². The van der Waals surface area contributed by atoms with E-state index < -0.39 is 92.7 Å². The molecule has 0 aliphatic rings. The van der Waals surface area contributed by atoms with Gasteiger partial charge in [0.2, 0.25) is 15.5 Å². The number of aliphatic hydroxyl groups is 3. The Balaban J connectivity index is 1.44. The molecule has 4 heterocycles. The molecule has 0 aliphatic carbocycles. The van der Waals surface area contributed by atoms with Gasteiger partial charge in [0.1, 0.15) is 39.5 Å². The summed E-state index contributed by atoms with van der Waals surface area (Å²) in [5.74, 6) is -3.59. The van der Waals surface area contributed by atoms with Crippen LogP contribution >= 0.6 is 35.3 Å². The van der Waals surface area contributed by atoms with Gasteiger partial charge in [0.15, 0.2) is 0 Å². The fourth-order valence-corrected chi connectivity index (χ4v) is 6.13. The Morgan fingerprint density at radius 1 is 0.537 bits per heavy atom. The highest BCUT2D eigenvalue weighted by atomic mass is 32.2. The maximum atomic E-state index is 13.3. The summed E-state index contributed by atoms with van der Waals surface area (Å²) >= 11 is 3.17.